The van der Waals surface area contributed by atoms with Crippen LogP contribution in [0.15, 0.2) is 48.5 Å². The molecule has 0 aliphatic carbocycles. The van der Waals surface area contributed by atoms with Crippen LogP contribution in [0.4, 0.5) is 15.8 Å². The van der Waals surface area contributed by atoms with Crippen LogP contribution in [0.1, 0.15) is 24.2 Å². The Hall–Kier alpha value is -3.20. The van der Waals surface area contributed by atoms with Crippen molar-refractivity contribution in [1.29, 1.82) is 0 Å². The van der Waals surface area contributed by atoms with Crippen LogP contribution < -0.4 is 10.6 Å². The minimum atomic E-state index is -0.661. The zero-order valence-corrected chi connectivity index (χ0v) is 17.3. The molecular weight excluding hydrogens is 411 g/mol. The average molecular weight is 432 g/mol. The van der Waals surface area contributed by atoms with Gasteiger partial charge in [-0.1, -0.05) is 0 Å². The molecule has 9 heteroatoms. The van der Waals surface area contributed by atoms with E-state index >= 15 is 0 Å². The Bertz CT molecular complexity index is 916. The Kier molecular flexibility index (Phi) is 8.54. The first-order chi connectivity index (χ1) is 14.2. The number of anilines is 2. The normalized spacial score (nSPS) is 11.3. The number of Topliss-reactive ketones (excluding diaryl/α,β-unsaturated/α-hetero) is 1. The van der Waals surface area contributed by atoms with Gasteiger partial charge in [-0.05, 0) is 62.4 Å². The first-order valence-corrected chi connectivity index (χ1v) is 10.0. The lowest BCUT2D eigenvalue weighted by molar-refractivity contribution is -0.146. The van der Waals surface area contributed by atoms with Gasteiger partial charge in [-0.3, -0.25) is 19.2 Å². The molecule has 2 aromatic rings. The SMILES string of the molecule is CC(=O)c1ccc(NC(=O)COC(=O)C(C)SCC(=O)Nc2ccc(F)cc2)cc1. The second kappa shape index (κ2) is 11.1. The predicted molar refractivity (Wildman–Crippen MR) is 113 cm³/mol. The number of ether oxygens (including phenoxy) is 1. The summed E-state index contributed by atoms with van der Waals surface area (Å²) in [6.07, 6.45) is 0. The molecule has 0 saturated carbocycles. The third kappa shape index (κ3) is 7.67. The molecule has 2 N–H and O–H groups in total. The summed E-state index contributed by atoms with van der Waals surface area (Å²) in [5, 5.41) is 4.49. The second-order valence-corrected chi connectivity index (χ2v) is 7.63. The molecule has 0 bridgehead atoms. The molecule has 2 amide bonds. The fraction of sp³-hybridized carbons (Fsp3) is 0.238. The summed E-state index contributed by atoms with van der Waals surface area (Å²) in [5.74, 6) is -2.00. The number of esters is 1. The number of ketones is 1. The summed E-state index contributed by atoms with van der Waals surface area (Å²) in [5.41, 5.74) is 1.44. The Morgan fingerprint density at radius 2 is 1.47 bits per heavy atom. The predicted octanol–water partition coefficient (Wildman–Crippen LogP) is 3.27. The fourth-order valence-electron chi connectivity index (χ4n) is 2.24. The van der Waals surface area contributed by atoms with Crippen molar-refractivity contribution in [3.8, 4) is 0 Å². The van der Waals surface area contributed by atoms with Crippen molar-refractivity contribution in [2.45, 2.75) is 19.1 Å². The molecule has 0 fully saturated rings. The van der Waals surface area contributed by atoms with Gasteiger partial charge in [0.25, 0.3) is 5.91 Å². The maximum atomic E-state index is 12.9. The van der Waals surface area contributed by atoms with Crippen LogP contribution in [-0.4, -0.2) is 41.2 Å². The molecule has 30 heavy (non-hydrogen) atoms. The first-order valence-electron chi connectivity index (χ1n) is 8.99. The lowest BCUT2D eigenvalue weighted by Crippen LogP contribution is -2.26. The van der Waals surface area contributed by atoms with Crippen molar-refractivity contribution in [3.63, 3.8) is 0 Å². The summed E-state index contributed by atoms with van der Waals surface area (Å²) in [6, 6.07) is 11.6. The molecule has 0 saturated heterocycles. The Morgan fingerprint density at radius 3 is 2.03 bits per heavy atom. The van der Waals surface area contributed by atoms with E-state index in [9.17, 15) is 23.6 Å². The molecule has 0 spiro atoms. The van der Waals surface area contributed by atoms with E-state index in [0.717, 1.165) is 11.8 Å². The number of carbonyl (C=O) groups excluding carboxylic acids is 4. The number of rotatable bonds is 9. The molecule has 0 aliphatic rings. The lowest BCUT2D eigenvalue weighted by Gasteiger charge is -2.12. The van der Waals surface area contributed by atoms with E-state index in [-0.39, 0.29) is 17.4 Å². The fourth-order valence-corrected chi connectivity index (χ4v) is 2.92. The largest absolute Gasteiger partial charge is 0.455 e. The van der Waals surface area contributed by atoms with Crippen molar-refractivity contribution >= 4 is 46.7 Å². The second-order valence-electron chi connectivity index (χ2n) is 6.30. The lowest BCUT2D eigenvalue weighted by atomic mass is 10.1. The van der Waals surface area contributed by atoms with Crippen LogP contribution >= 0.6 is 11.8 Å². The van der Waals surface area contributed by atoms with Crippen LogP contribution in [0, 0.1) is 5.82 Å². The molecule has 2 aromatic carbocycles. The molecule has 7 nitrogen and oxygen atoms in total. The average Bonchev–Trinajstić information content (AvgIpc) is 2.72. The standard InChI is InChI=1S/C21H21FN2O5S/c1-13(25)15-3-7-17(8-4-15)23-19(26)11-29-21(28)14(2)30-12-20(27)24-18-9-5-16(22)6-10-18/h3-10,14H,11-12H2,1-2H3,(H,23,26)(H,24,27). The minimum absolute atomic E-state index is 0.0116. The first kappa shape index (κ1) is 23.1. The molecule has 0 aromatic heterocycles. The van der Waals surface area contributed by atoms with Gasteiger partial charge in [0.1, 0.15) is 11.1 Å². The van der Waals surface area contributed by atoms with Crippen LogP contribution in [0.2, 0.25) is 0 Å². The number of carbonyl (C=O) groups is 4. The van der Waals surface area contributed by atoms with Crippen molar-refractivity contribution in [2.24, 2.45) is 0 Å². The monoisotopic (exact) mass is 432 g/mol. The van der Waals surface area contributed by atoms with Crippen molar-refractivity contribution in [2.75, 3.05) is 23.0 Å². The van der Waals surface area contributed by atoms with E-state index in [2.05, 4.69) is 10.6 Å². The number of nitrogens with one attached hydrogen (secondary N) is 2. The van der Waals surface area contributed by atoms with Gasteiger partial charge < -0.3 is 15.4 Å². The number of thioether (sulfide) groups is 1. The highest BCUT2D eigenvalue weighted by atomic mass is 32.2. The van der Waals surface area contributed by atoms with Crippen molar-refractivity contribution in [3.05, 3.63) is 59.9 Å². The summed E-state index contributed by atoms with van der Waals surface area (Å²) < 4.78 is 17.8. The van der Waals surface area contributed by atoms with Gasteiger partial charge >= 0.3 is 5.97 Å². The van der Waals surface area contributed by atoms with Crippen LogP contribution in [-0.2, 0) is 19.1 Å². The number of hydrogen-bond donors (Lipinski definition) is 2. The van der Waals surface area contributed by atoms with Gasteiger partial charge in [0.2, 0.25) is 5.91 Å². The highest BCUT2D eigenvalue weighted by Crippen LogP contribution is 2.14. The van der Waals surface area contributed by atoms with Gasteiger partial charge in [0.05, 0.1) is 5.75 Å². The molecule has 1 atom stereocenters. The smallest absolute Gasteiger partial charge is 0.319 e. The third-order valence-corrected chi connectivity index (χ3v) is 4.97. The van der Waals surface area contributed by atoms with E-state index in [0.29, 0.717) is 16.9 Å². The van der Waals surface area contributed by atoms with Crippen LogP contribution in [0.5, 0.6) is 0 Å². The van der Waals surface area contributed by atoms with Gasteiger partial charge in [0.15, 0.2) is 12.4 Å². The van der Waals surface area contributed by atoms with E-state index in [1.807, 2.05) is 0 Å². The van der Waals surface area contributed by atoms with E-state index in [1.165, 1.54) is 31.2 Å². The van der Waals surface area contributed by atoms with Gasteiger partial charge in [-0.15, -0.1) is 11.8 Å². The Balaban J connectivity index is 1.70. The van der Waals surface area contributed by atoms with Gasteiger partial charge in [-0.25, -0.2) is 4.39 Å². The van der Waals surface area contributed by atoms with Crippen molar-refractivity contribution in [1.82, 2.24) is 0 Å². The van der Waals surface area contributed by atoms with E-state index in [4.69, 9.17) is 4.74 Å². The highest BCUT2D eigenvalue weighted by molar-refractivity contribution is 8.01. The van der Waals surface area contributed by atoms with Gasteiger partial charge in [0, 0.05) is 16.9 Å². The number of benzene rings is 2. The quantitative estimate of drug-likeness (QED) is 0.466. The Morgan fingerprint density at radius 1 is 0.933 bits per heavy atom. The third-order valence-electron chi connectivity index (χ3n) is 3.85. The number of hydrogen-bond acceptors (Lipinski definition) is 6. The Labute approximate surface area is 177 Å². The zero-order valence-electron chi connectivity index (χ0n) is 16.4. The molecular formula is C21H21FN2O5S. The highest BCUT2D eigenvalue weighted by Gasteiger charge is 2.18. The summed E-state index contributed by atoms with van der Waals surface area (Å²) in [6.45, 7) is 2.54. The van der Waals surface area contributed by atoms with E-state index in [1.54, 1.807) is 31.2 Å². The molecule has 158 valence electrons. The summed E-state index contributed by atoms with van der Waals surface area (Å²) in [7, 11) is 0. The maximum Gasteiger partial charge on any atom is 0.319 e. The van der Waals surface area contributed by atoms with E-state index < -0.39 is 29.6 Å². The molecule has 1 unspecified atom stereocenters. The van der Waals surface area contributed by atoms with Crippen LogP contribution in [0.3, 0.4) is 0 Å². The maximum absolute atomic E-state index is 12.9. The van der Waals surface area contributed by atoms with Gasteiger partial charge in [-0.2, -0.15) is 0 Å². The number of halogens is 1. The molecule has 0 heterocycles. The topological polar surface area (TPSA) is 102 Å². The van der Waals surface area contributed by atoms with Crippen LogP contribution in [0.25, 0.3) is 0 Å². The molecule has 0 aliphatic heterocycles. The molecule has 2 rings (SSSR count). The summed E-state index contributed by atoms with van der Waals surface area (Å²) in [4.78, 5) is 47.0. The number of amides is 2. The van der Waals surface area contributed by atoms with Crippen molar-refractivity contribution < 1.29 is 28.3 Å². The zero-order chi connectivity index (χ0) is 22.1. The minimum Gasteiger partial charge on any atom is -0.455 e. The molecule has 0 radical (unpaired) electrons. The summed E-state index contributed by atoms with van der Waals surface area (Å²) >= 11 is 1.05.